The van der Waals surface area contributed by atoms with Gasteiger partial charge in [-0.25, -0.2) is 4.39 Å². The molecule has 1 heterocycles. The molecule has 0 radical (unpaired) electrons. The van der Waals surface area contributed by atoms with Gasteiger partial charge in [-0.2, -0.15) is 0 Å². The molecule has 2 fully saturated rings. The molecule has 2 aliphatic rings. The monoisotopic (exact) mass is 437 g/mol. The lowest BCUT2D eigenvalue weighted by atomic mass is 9.88. The van der Waals surface area contributed by atoms with Crippen LogP contribution in [0.1, 0.15) is 60.9 Å². The van der Waals surface area contributed by atoms with Crippen LogP contribution in [-0.4, -0.2) is 30.9 Å². The van der Waals surface area contributed by atoms with E-state index in [1.807, 2.05) is 24.3 Å². The van der Waals surface area contributed by atoms with Gasteiger partial charge in [-0.1, -0.05) is 43.5 Å². The smallest absolute Gasteiger partial charge is 0.253 e. The summed E-state index contributed by atoms with van der Waals surface area (Å²) in [4.78, 5) is 27.7. The van der Waals surface area contributed by atoms with Crippen LogP contribution in [0.2, 0.25) is 0 Å². The predicted octanol–water partition coefficient (Wildman–Crippen LogP) is 4.42. The topological polar surface area (TPSA) is 61.4 Å². The maximum absolute atomic E-state index is 13.4. The Morgan fingerprint density at radius 3 is 2.44 bits per heavy atom. The van der Waals surface area contributed by atoms with E-state index in [1.165, 1.54) is 18.6 Å². The van der Waals surface area contributed by atoms with Crippen molar-refractivity contribution < 1.29 is 14.0 Å². The van der Waals surface area contributed by atoms with Crippen LogP contribution in [0.3, 0.4) is 0 Å². The maximum Gasteiger partial charge on any atom is 0.253 e. The Morgan fingerprint density at radius 1 is 0.938 bits per heavy atom. The normalized spacial score (nSPS) is 17.7. The lowest BCUT2D eigenvalue weighted by molar-refractivity contribution is -0.126. The molecule has 4 rings (SSSR count). The molecule has 0 spiro atoms. The quantitative estimate of drug-likeness (QED) is 0.703. The van der Waals surface area contributed by atoms with Crippen LogP contribution in [0.4, 0.5) is 10.1 Å². The maximum atomic E-state index is 13.4. The Balaban J connectivity index is 1.32. The average Bonchev–Trinajstić information content (AvgIpc) is 2.83. The fourth-order valence-electron chi connectivity index (χ4n) is 4.81. The van der Waals surface area contributed by atoms with Gasteiger partial charge < -0.3 is 15.5 Å². The summed E-state index contributed by atoms with van der Waals surface area (Å²) in [6, 6.07) is 14.1. The van der Waals surface area contributed by atoms with E-state index in [9.17, 15) is 14.0 Å². The van der Waals surface area contributed by atoms with Crippen LogP contribution in [0.5, 0.6) is 0 Å². The molecule has 5 nitrogen and oxygen atoms in total. The fourth-order valence-corrected chi connectivity index (χ4v) is 4.81. The molecule has 170 valence electrons. The van der Waals surface area contributed by atoms with E-state index < -0.39 is 0 Å². The van der Waals surface area contributed by atoms with Gasteiger partial charge in [0, 0.05) is 37.3 Å². The number of carbonyl (C=O) groups is 2. The third-order valence-electron chi connectivity index (χ3n) is 6.65. The molecule has 0 atom stereocenters. The lowest BCUT2D eigenvalue weighted by Gasteiger charge is -2.35. The number of halogens is 1. The minimum absolute atomic E-state index is 0.169. The summed E-state index contributed by atoms with van der Waals surface area (Å²) >= 11 is 0. The van der Waals surface area contributed by atoms with Crippen LogP contribution < -0.4 is 15.5 Å². The van der Waals surface area contributed by atoms with Crippen molar-refractivity contribution in [1.29, 1.82) is 0 Å². The molecule has 1 aliphatic carbocycles. The third-order valence-corrected chi connectivity index (χ3v) is 6.65. The number of benzene rings is 2. The van der Waals surface area contributed by atoms with Crippen molar-refractivity contribution in [3.63, 3.8) is 0 Å². The van der Waals surface area contributed by atoms with Crippen LogP contribution >= 0.6 is 0 Å². The van der Waals surface area contributed by atoms with Crippen molar-refractivity contribution in [1.82, 2.24) is 10.6 Å². The first-order valence-electron chi connectivity index (χ1n) is 11.8. The molecule has 2 N–H and O–H groups in total. The Bertz CT molecular complexity index is 934. The van der Waals surface area contributed by atoms with Crippen molar-refractivity contribution in [3.05, 3.63) is 65.5 Å². The number of anilines is 1. The Morgan fingerprint density at radius 2 is 1.69 bits per heavy atom. The number of nitrogens with one attached hydrogen (secondary N) is 2. The summed E-state index contributed by atoms with van der Waals surface area (Å²) in [6.07, 6.45) is 7.35. The number of rotatable bonds is 6. The van der Waals surface area contributed by atoms with Gasteiger partial charge in [0.25, 0.3) is 5.91 Å². The molecular formula is C26H32FN3O2. The van der Waals surface area contributed by atoms with Crippen LogP contribution in [0.15, 0.2) is 48.5 Å². The van der Waals surface area contributed by atoms with Crippen LogP contribution in [-0.2, 0) is 11.3 Å². The summed E-state index contributed by atoms with van der Waals surface area (Å²) in [5, 5.41) is 6.17. The standard InChI is InChI=1S/C26H32FN3O2/c27-21-10-6-7-19(17-21)18-28-26(32)23-11-4-5-12-24(23)30-15-13-22(14-16-30)29-25(31)20-8-2-1-3-9-20/h4-7,10-12,17,20,22H,1-3,8-9,13-16,18H2,(H,28,32)(H,29,31). The summed E-state index contributed by atoms with van der Waals surface area (Å²) in [5.41, 5.74) is 2.25. The molecule has 1 saturated heterocycles. The number of hydrogen-bond donors (Lipinski definition) is 2. The van der Waals surface area contributed by atoms with E-state index in [0.717, 1.165) is 62.9 Å². The summed E-state index contributed by atoms with van der Waals surface area (Å²) < 4.78 is 13.4. The Labute approximate surface area is 189 Å². The van der Waals surface area contributed by atoms with Gasteiger partial charge in [-0.15, -0.1) is 0 Å². The summed E-state index contributed by atoms with van der Waals surface area (Å²) in [5.74, 6) is -0.0715. The molecule has 6 heteroatoms. The molecule has 0 aromatic heterocycles. The highest BCUT2D eigenvalue weighted by molar-refractivity contribution is 5.99. The van der Waals surface area contributed by atoms with Gasteiger partial charge in [-0.05, 0) is 55.5 Å². The van der Waals surface area contributed by atoms with E-state index in [4.69, 9.17) is 0 Å². The largest absolute Gasteiger partial charge is 0.371 e. The van der Waals surface area contributed by atoms with E-state index in [1.54, 1.807) is 12.1 Å². The highest BCUT2D eigenvalue weighted by Crippen LogP contribution is 2.26. The molecule has 0 unspecified atom stereocenters. The van der Waals surface area contributed by atoms with Crippen LogP contribution in [0.25, 0.3) is 0 Å². The van der Waals surface area contributed by atoms with Crippen molar-refractivity contribution in [2.45, 2.75) is 57.5 Å². The van der Waals surface area contributed by atoms with Crippen molar-refractivity contribution in [2.24, 2.45) is 5.92 Å². The lowest BCUT2D eigenvalue weighted by Crippen LogP contribution is -2.47. The zero-order valence-electron chi connectivity index (χ0n) is 18.5. The minimum Gasteiger partial charge on any atom is -0.371 e. The number of piperidine rings is 1. The van der Waals surface area contributed by atoms with Crippen LogP contribution in [0, 0.1) is 11.7 Å². The minimum atomic E-state index is -0.310. The van der Waals surface area contributed by atoms with Crippen molar-refractivity contribution in [2.75, 3.05) is 18.0 Å². The van der Waals surface area contributed by atoms with E-state index in [2.05, 4.69) is 15.5 Å². The van der Waals surface area contributed by atoms with Gasteiger partial charge in [0.15, 0.2) is 0 Å². The second-order valence-electron chi connectivity index (χ2n) is 8.93. The summed E-state index contributed by atoms with van der Waals surface area (Å²) in [7, 11) is 0. The fraction of sp³-hybridized carbons (Fsp3) is 0.462. The number of hydrogen-bond acceptors (Lipinski definition) is 3. The van der Waals surface area contributed by atoms with E-state index >= 15 is 0 Å². The zero-order chi connectivity index (χ0) is 22.3. The SMILES string of the molecule is O=C(NCc1cccc(F)c1)c1ccccc1N1CCC(NC(=O)C2CCCCC2)CC1. The Hall–Kier alpha value is -2.89. The molecule has 0 bridgehead atoms. The second kappa shape index (κ2) is 10.6. The zero-order valence-corrected chi connectivity index (χ0v) is 18.5. The van der Waals surface area contributed by atoms with E-state index in [-0.39, 0.29) is 36.1 Å². The molecule has 2 amide bonds. The molecule has 2 aromatic carbocycles. The van der Waals surface area contributed by atoms with Gasteiger partial charge >= 0.3 is 0 Å². The van der Waals surface area contributed by atoms with Crippen molar-refractivity contribution >= 4 is 17.5 Å². The number of carbonyl (C=O) groups excluding carboxylic acids is 2. The van der Waals surface area contributed by atoms with Gasteiger partial charge in [0.1, 0.15) is 5.82 Å². The highest BCUT2D eigenvalue weighted by atomic mass is 19.1. The molecule has 32 heavy (non-hydrogen) atoms. The molecule has 1 aliphatic heterocycles. The molecular weight excluding hydrogens is 405 g/mol. The van der Waals surface area contributed by atoms with Gasteiger partial charge in [-0.3, -0.25) is 9.59 Å². The predicted molar refractivity (Wildman–Crippen MR) is 124 cm³/mol. The van der Waals surface area contributed by atoms with Crippen molar-refractivity contribution in [3.8, 4) is 0 Å². The van der Waals surface area contributed by atoms with Gasteiger partial charge in [0.05, 0.1) is 5.56 Å². The number of amides is 2. The highest BCUT2D eigenvalue weighted by Gasteiger charge is 2.27. The average molecular weight is 438 g/mol. The summed E-state index contributed by atoms with van der Waals surface area (Å²) in [6.45, 7) is 1.87. The first kappa shape index (κ1) is 22.3. The Kier molecular flexibility index (Phi) is 7.40. The number of nitrogens with zero attached hydrogens (tertiary/aromatic N) is 1. The second-order valence-corrected chi connectivity index (χ2v) is 8.93. The third kappa shape index (κ3) is 5.67. The first-order valence-corrected chi connectivity index (χ1v) is 11.8. The van der Waals surface area contributed by atoms with Gasteiger partial charge in [0.2, 0.25) is 5.91 Å². The van der Waals surface area contributed by atoms with E-state index in [0.29, 0.717) is 5.56 Å². The first-order chi connectivity index (χ1) is 15.6. The molecule has 2 aromatic rings. The number of para-hydroxylation sites is 1. The molecule has 1 saturated carbocycles.